The van der Waals surface area contributed by atoms with Gasteiger partial charge < -0.3 is 9.80 Å². The number of piperazine rings is 1. The maximum atomic E-state index is 13.0. The molecule has 1 aliphatic carbocycles. The summed E-state index contributed by atoms with van der Waals surface area (Å²) in [6, 6.07) is 2.17. The first-order chi connectivity index (χ1) is 11.7. The van der Waals surface area contributed by atoms with Crippen LogP contribution in [-0.2, 0) is 0 Å². The fourth-order valence-electron chi connectivity index (χ4n) is 3.53. The second-order valence-corrected chi connectivity index (χ2v) is 7.96. The van der Waals surface area contributed by atoms with Crippen molar-refractivity contribution in [2.24, 2.45) is 0 Å². The molecule has 0 aromatic carbocycles. The van der Waals surface area contributed by atoms with Gasteiger partial charge >= 0.3 is 0 Å². The van der Waals surface area contributed by atoms with Gasteiger partial charge in [-0.25, -0.2) is 0 Å². The summed E-state index contributed by atoms with van der Waals surface area (Å²) in [4.78, 5) is 21.1. The third-order valence-corrected chi connectivity index (χ3v) is 6.20. The minimum atomic E-state index is 0.265. The molecule has 2 heterocycles. The quantitative estimate of drug-likeness (QED) is 0.721. The van der Waals surface area contributed by atoms with Crippen molar-refractivity contribution >= 4 is 17.2 Å². The highest BCUT2D eigenvalue weighted by Gasteiger charge is 2.30. The SMILES string of the molecule is CCCN(CCN1CCN(CC)CC1)C(=O)c1sccc1C1CC1. The summed E-state index contributed by atoms with van der Waals surface area (Å²) in [7, 11) is 0. The maximum absolute atomic E-state index is 13.0. The first-order valence-corrected chi connectivity index (χ1v) is 10.4. The highest BCUT2D eigenvalue weighted by molar-refractivity contribution is 7.12. The first kappa shape index (κ1) is 17.9. The lowest BCUT2D eigenvalue weighted by Gasteiger charge is -2.35. The highest BCUT2D eigenvalue weighted by Crippen LogP contribution is 2.43. The number of likely N-dealkylation sites (N-methyl/N-ethyl adjacent to an activating group) is 1. The lowest BCUT2D eigenvalue weighted by atomic mass is 10.1. The Labute approximate surface area is 150 Å². The summed E-state index contributed by atoms with van der Waals surface area (Å²) >= 11 is 1.63. The van der Waals surface area contributed by atoms with Gasteiger partial charge in [-0.2, -0.15) is 0 Å². The molecule has 0 unspecified atom stereocenters. The number of carbonyl (C=O) groups excluding carboxylic acids is 1. The van der Waals surface area contributed by atoms with Crippen molar-refractivity contribution in [3.05, 3.63) is 21.9 Å². The molecule has 1 saturated carbocycles. The normalized spacial score (nSPS) is 19.6. The first-order valence-electron chi connectivity index (χ1n) is 9.54. The molecule has 2 aliphatic rings. The summed E-state index contributed by atoms with van der Waals surface area (Å²) in [5.74, 6) is 0.918. The van der Waals surface area contributed by atoms with E-state index >= 15 is 0 Å². The molecule has 134 valence electrons. The van der Waals surface area contributed by atoms with E-state index in [1.807, 2.05) is 0 Å². The number of nitrogens with zero attached hydrogens (tertiary/aromatic N) is 3. The number of rotatable bonds is 8. The van der Waals surface area contributed by atoms with E-state index in [-0.39, 0.29) is 5.91 Å². The average molecular weight is 350 g/mol. The predicted molar refractivity (Wildman–Crippen MR) is 101 cm³/mol. The Hall–Kier alpha value is -0.910. The van der Waals surface area contributed by atoms with E-state index < -0.39 is 0 Å². The van der Waals surface area contributed by atoms with Crippen molar-refractivity contribution in [1.29, 1.82) is 0 Å². The Morgan fingerprint density at radius 2 is 1.88 bits per heavy atom. The Kier molecular flexibility index (Phi) is 6.31. The van der Waals surface area contributed by atoms with Crippen LogP contribution < -0.4 is 0 Å². The van der Waals surface area contributed by atoms with Crippen LogP contribution in [0.25, 0.3) is 0 Å². The number of thiophene rings is 1. The van der Waals surface area contributed by atoms with Crippen molar-refractivity contribution in [1.82, 2.24) is 14.7 Å². The zero-order chi connectivity index (χ0) is 16.9. The molecular weight excluding hydrogens is 318 g/mol. The van der Waals surface area contributed by atoms with Crippen LogP contribution >= 0.6 is 11.3 Å². The lowest BCUT2D eigenvalue weighted by Crippen LogP contribution is -2.48. The summed E-state index contributed by atoms with van der Waals surface area (Å²) in [5, 5.41) is 2.09. The molecular formula is C19H31N3OS. The largest absolute Gasteiger partial charge is 0.337 e. The number of hydrogen-bond acceptors (Lipinski definition) is 4. The molecule has 0 spiro atoms. The standard InChI is InChI=1S/C19H31N3OS/c1-3-8-22(14-13-21-11-9-20(4-2)10-12-21)19(23)18-17(7-15-24-18)16-5-6-16/h7,15-16H,3-6,8-14H2,1-2H3. The van der Waals surface area contributed by atoms with Gasteiger partial charge in [-0.3, -0.25) is 9.69 Å². The average Bonchev–Trinajstić information content (AvgIpc) is 3.35. The molecule has 0 N–H and O–H groups in total. The van der Waals surface area contributed by atoms with E-state index in [4.69, 9.17) is 0 Å². The zero-order valence-electron chi connectivity index (χ0n) is 15.2. The van der Waals surface area contributed by atoms with E-state index in [1.165, 1.54) is 18.4 Å². The van der Waals surface area contributed by atoms with Crippen molar-refractivity contribution in [3.63, 3.8) is 0 Å². The molecule has 0 radical (unpaired) electrons. The Morgan fingerprint density at radius 1 is 1.17 bits per heavy atom. The van der Waals surface area contributed by atoms with E-state index in [0.717, 1.165) is 63.7 Å². The summed E-state index contributed by atoms with van der Waals surface area (Å²) < 4.78 is 0. The zero-order valence-corrected chi connectivity index (χ0v) is 16.0. The van der Waals surface area contributed by atoms with Crippen molar-refractivity contribution in [2.45, 2.75) is 39.0 Å². The van der Waals surface area contributed by atoms with Crippen LogP contribution in [0.15, 0.2) is 11.4 Å². The van der Waals surface area contributed by atoms with Gasteiger partial charge in [-0.15, -0.1) is 11.3 Å². The van der Waals surface area contributed by atoms with Gasteiger partial charge in [-0.1, -0.05) is 13.8 Å². The maximum Gasteiger partial charge on any atom is 0.264 e. The van der Waals surface area contributed by atoms with Crippen molar-refractivity contribution in [2.75, 3.05) is 52.4 Å². The molecule has 5 heteroatoms. The molecule has 2 fully saturated rings. The molecule has 4 nitrogen and oxygen atoms in total. The number of hydrogen-bond donors (Lipinski definition) is 0. The molecule has 1 amide bonds. The molecule has 0 atom stereocenters. The van der Waals surface area contributed by atoms with Crippen LogP contribution in [0.2, 0.25) is 0 Å². The Bertz CT molecular complexity index is 532. The fourth-order valence-corrected chi connectivity index (χ4v) is 4.48. The second kappa shape index (κ2) is 8.45. The summed E-state index contributed by atoms with van der Waals surface area (Å²) in [5.41, 5.74) is 1.31. The van der Waals surface area contributed by atoms with Gasteiger partial charge in [0.1, 0.15) is 0 Å². The third-order valence-electron chi connectivity index (χ3n) is 5.29. The van der Waals surface area contributed by atoms with E-state index in [1.54, 1.807) is 11.3 Å². The Morgan fingerprint density at radius 3 is 2.50 bits per heavy atom. The minimum absolute atomic E-state index is 0.265. The van der Waals surface area contributed by atoms with E-state index in [0.29, 0.717) is 5.92 Å². The van der Waals surface area contributed by atoms with Crippen LogP contribution in [0.1, 0.15) is 54.3 Å². The second-order valence-electron chi connectivity index (χ2n) is 7.05. The van der Waals surface area contributed by atoms with Crippen LogP contribution in [-0.4, -0.2) is 73.0 Å². The van der Waals surface area contributed by atoms with Crippen LogP contribution in [0.3, 0.4) is 0 Å². The predicted octanol–water partition coefficient (Wildman–Crippen LogP) is 3.12. The number of carbonyl (C=O) groups is 1. The molecule has 1 aromatic rings. The van der Waals surface area contributed by atoms with Crippen LogP contribution in [0, 0.1) is 0 Å². The van der Waals surface area contributed by atoms with Gasteiger partial charge in [0, 0.05) is 45.8 Å². The molecule has 1 aliphatic heterocycles. The smallest absolute Gasteiger partial charge is 0.264 e. The van der Waals surface area contributed by atoms with Gasteiger partial charge in [0.25, 0.3) is 5.91 Å². The van der Waals surface area contributed by atoms with Crippen LogP contribution in [0.4, 0.5) is 0 Å². The third kappa shape index (κ3) is 4.38. The van der Waals surface area contributed by atoms with Gasteiger partial charge in [-0.05, 0) is 48.7 Å². The van der Waals surface area contributed by atoms with Gasteiger partial charge in [0.2, 0.25) is 0 Å². The van der Waals surface area contributed by atoms with Gasteiger partial charge in [0.05, 0.1) is 4.88 Å². The molecule has 24 heavy (non-hydrogen) atoms. The lowest BCUT2D eigenvalue weighted by molar-refractivity contribution is 0.0712. The topological polar surface area (TPSA) is 26.8 Å². The highest BCUT2D eigenvalue weighted by atomic mass is 32.1. The molecule has 1 saturated heterocycles. The van der Waals surface area contributed by atoms with E-state index in [9.17, 15) is 4.79 Å². The minimum Gasteiger partial charge on any atom is -0.337 e. The van der Waals surface area contributed by atoms with E-state index in [2.05, 4.69) is 40.0 Å². The summed E-state index contributed by atoms with van der Waals surface area (Å²) in [6.07, 6.45) is 3.54. The van der Waals surface area contributed by atoms with Crippen molar-refractivity contribution < 1.29 is 4.79 Å². The number of amides is 1. The summed E-state index contributed by atoms with van der Waals surface area (Å²) in [6.45, 7) is 12.9. The Balaban J connectivity index is 1.56. The molecule has 0 bridgehead atoms. The van der Waals surface area contributed by atoms with Crippen molar-refractivity contribution in [3.8, 4) is 0 Å². The van der Waals surface area contributed by atoms with Gasteiger partial charge in [0.15, 0.2) is 0 Å². The fraction of sp³-hybridized carbons (Fsp3) is 0.737. The van der Waals surface area contributed by atoms with Crippen LogP contribution in [0.5, 0.6) is 0 Å². The monoisotopic (exact) mass is 349 g/mol. The molecule has 3 rings (SSSR count). The molecule has 1 aromatic heterocycles.